The van der Waals surface area contributed by atoms with Gasteiger partial charge in [-0.25, -0.2) is 4.98 Å². The average Bonchev–Trinajstić information content (AvgIpc) is 2.80. The van der Waals surface area contributed by atoms with Gasteiger partial charge in [-0.3, -0.25) is 9.59 Å². The molecule has 2 heterocycles. The van der Waals surface area contributed by atoms with Gasteiger partial charge in [-0.15, -0.1) is 0 Å². The van der Waals surface area contributed by atoms with Crippen LogP contribution in [0, 0.1) is 0 Å². The first-order valence-corrected chi connectivity index (χ1v) is 9.90. The molecule has 1 aliphatic heterocycles. The first-order chi connectivity index (χ1) is 14.6. The van der Waals surface area contributed by atoms with Crippen molar-refractivity contribution in [2.24, 2.45) is 5.73 Å². The lowest BCUT2D eigenvalue weighted by Gasteiger charge is -2.33. The van der Waals surface area contributed by atoms with E-state index in [1.807, 2.05) is 59.5 Å². The van der Waals surface area contributed by atoms with E-state index in [9.17, 15) is 9.59 Å². The summed E-state index contributed by atoms with van der Waals surface area (Å²) >= 11 is 0. The molecule has 1 fully saturated rings. The number of pyridine rings is 1. The van der Waals surface area contributed by atoms with Crippen LogP contribution in [0.25, 0.3) is 11.3 Å². The number of morpholine rings is 1. The van der Waals surface area contributed by atoms with Gasteiger partial charge in [0.1, 0.15) is 6.10 Å². The van der Waals surface area contributed by atoms with E-state index in [0.29, 0.717) is 31.7 Å². The van der Waals surface area contributed by atoms with E-state index in [1.165, 1.54) is 0 Å². The summed E-state index contributed by atoms with van der Waals surface area (Å²) in [6.07, 6.45) is 0.0822. The number of nitrogens with two attached hydrogens (primary N) is 1. The molecule has 0 radical (unpaired) electrons. The molecule has 3 aromatic rings. The van der Waals surface area contributed by atoms with E-state index in [4.69, 9.17) is 15.5 Å². The van der Waals surface area contributed by atoms with Crippen LogP contribution in [0.15, 0.2) is 72.8 Å². The van der Waals surface area contributed by atoms with Crippen LogP contribution in [-0.2, 0) is 16.0 Å². The molecule has 6 nitrogen and oxygen atoms in total. The highest BCUT2D eigenvalue weighted by Crippen LogP contribution is 2.25. The molecule has 1 aliphatic rings. The Kier molecular flexibility index (Phi) is 5.86. The van der Waals surface area contributed by atoms with Gasteiger partial charge in [-0.1, -0.05) is 48.5 Å². The van der Waals surface area contributed by atoms with E-state index in [2.05, 4.69) is 0 Å². The minimum atomic E-state index is -0.476. The zero-order valence-corrected chi connectivity index (χ0v) is 16.5. The summed E-state index contributed by atoms with van der Waals surface area (Å²) in [7, 11) is 0. The third kappa shape index (κ3) is 4.55. The number of primary amides is 1. The van der Waals surface area contributed by atoms with Crippen molar-refractivity contribution >= 4 is 11.8 Å². The number of rotatable bonds is 5. The van der Waals surface area contributed by atoms with Crippen molar-refractivity contribution in [1.29, 1.82) is 0 Å². The Morgan fingerprint density at radius 3 is 2.63 bits per heavy atom. The molecular weight excluding hydrogens is 378 g/mol. The van der Waals surface area contributed by atoms with Crippen molar-refractivity contribution in [3.8, 4) is 11.3 Å². The third-order valence-corrected chi connectivity index (χ3v) is 5.16. The molecule has 30 heavy (non-hydrogen) atoms. The molecule has 2 aromatic carbocycles. The summed E-state index contributed by atoms with van der Waals surface area (Å²) in [4.78, 5) is 30.8. The van der Waals surface area contributed by atoms with Crippen LogP contribution in [0.1, 0.15) is 27.7 Å². The zero-order valence-electron chi connectivity index (χ0n) is 16.5. The molecule has 0 spiro atoms. The second-order valence-corrected chi connectivity index (χ2v) is 7.25. The van der Waals surface area contributed by atoms with Gasteiger partial charge in [0.2, 0.25) is 11.8 Å². The van der Waals surface area contributed by atoms with E-state index in [0.717, 1.165) is 22.5 Å². The van der Waals surface area contributed by atoms with E-state index >= 15 is 0 Å². The monoisotopic (exact) mass is 401 g/mol. The van der Waals surface area contributed by atoms with Gasteiger partial charge in [0, 0.05) is 17.7 Å². The summed E-state index contributed by atoms with van der Waals surface area (Å²) in [6, 6.07) is 22.5. The number of hydrogen-bond acceptors (Lipinski definition) is 4. The Hall–Kier alpha value is -3.51. The van der Waals surface area contributed by atoms with Crippen molar-refractivity contribution in [3.05, 3.63) is 89.6 Å². The molecule has 1 saturated heterocycles. The first kappa shape index (κ1) is 19.8. The van der Waals surface area contributed by atoms with Crippen molar-refractivity contribution in [2.45, 2.75) is 12.5 Å². The summed E-state index contributed by atoms with van der Waals surface area (Å²) in [5, 5.41) is 0. The zero-order chi connectivity index (χ0) is 20.9. The van der Waals surface area contributed by atoms with Gasteiger partial charge < -0.3 is 15.4 Å². The number of ether oxygens (including phenoxy) is 1. The fraction of sp³-hybridized carbons (Fsp3) is 0.208. The molecule has 6 heteroatoms. The second kappa shape index (κ2) is 8.88. The molecule has 0 saturated carbocycles. The minimum Gasteiger partial charge on any atom is -0.368 e. The lowest BCUT2D eigenvalue weighted by molar-refractivity contribution is -0.138. The predicted molar refractivity (Wildman–Crippen MR) is 114 cm³/mol. The van der Waals surface area contributed by atoms with Crippen molar-refractivity contribution in [1.82, 2.24) is 9.88 Å². The highest BCUT2D eigenvalue weighted by Gasteiger charge is 2.26. The number of hydrogen-bond donors (Lipinski definition) is 1. The Balaban J connectivity index is 1.50. The molecule has 1 unspecified atom stereocenters. The van der Waals surface area contributed by atoms with Gasteiger partial charge >= 0.3 is 0 Å². The maximum atomic E-state index is 12.7. The van der Waals surface area contributed by atoms with Crippen molar-refractivity contribution in [3.63, 3.8) is 0 Å². The van der Waals surface area contributed by atoms with Crippen LogP contribution in [0.3, 0.4) is 0 Å². The van der Waals surface area contributed by atoms with Crippen molar-refractivity contribution < 1.29 is 14.3 Å². The summed E-state index contributed by atoms with van der Waals surface area (Å²) in [6.45, 7) is 1.50. The number of carbonyl (C=O) groups excluding carboxylic acids is 2. The summed E-state index contributed by atoms with van der Waals surface area (Å²) in [5.41, 5.74) is 9.12. The fourth-order valence-corrected chi connectivity index (χ4v) is 3.56. The Morgan fingerprint density at radius 1 is 1.03 bits per heavy atom. The summed E-state index contributed by atoms with van der Waals surface area (Å²) < 4.78 is 5.92. The maximum Gasteiger partial charge on any atom is 0.248 e. The van der Waals surface area contributed by atoms with E-state index < -0.39 is 5.91 Å². The van der Waals surface area contributed by atoms with Gasteiger partial charge in [-0.2, -0.15) is 0 Å². The molecule has 152 valence electrons. The normalized spacial score (nSPS) is 16.3. The van der Waals surface area contributed by atoms with Crippen LogP contribution in [0.5, 0.6) is 0 Å². The SMILES string of the molecule is NC(=O)c1cccc(-c2cccc(C3CN(C(=O)Cc4ccccc4)CCO3)n2)c1. The Labute approximate surface area is 175 Å². The van der Waals surface area contributed by atoms with Gasteiger partial charge in [-0.05, 0) is 29.8 Å². The van der Waals surface area contributed by atoms with Gasteiger partial charge in [0.05, 0.1) is 31.0 Å². The van der Waals surface area contributed by atoms with Crippen LogP contribution < -0.4 is 5.73 Å². The quantitative estimate of drug-likeness (QED) is 0.712. The topological polar surface area (TPSA) is 85.5 Å². The number of aromatic nitrogens is 1. The maximum absolute atomic E-state index is 12.7. The highest BCUT2D eigenvalue weighted by molar-refractivity contribution is 5.94. The number of carbonyl (C=O) groups is 2. The summed E-state index contributed by atoms with van der Waals surface area (Å²) in [5.74, 6) is -0.393. The van der Waals surface area contributed by atoms with Gasteiger partial charge in [0.15, 0.2) is 0 Å². The van der Waals surface area contributed by atoms with Crippen LogP contribution >= 0.6 is 0 Å². The van der Waals surface area contributed by atoms with Crippen LogP contribution in [-0.4, -0.2) is 41.4 Å². The fourth-order valence-electron chi connectivity index (χ4n) is 3.56. The van der Waals surface area contributed by atoms with Gasteiger partial charge in [0.25, 0.3) is 0 Å². The molecule has 4 rings (SSSR count). The first-order valence-electron chi connectivity index (χ1n) is 9.90. The molecule has 2 amide bonds. The number of amides is 2. The number of nitrogens with zero attached hydrogens (tertiary/aromatic N) is 2. The van der Waals surface area contributed by atoms with E-state index in [1.54, 1.807) is 18.2 Å². The number of benzene rings is 2. The largest absolute Gasteiger partial charge is 0.368 e. The molecule has 0 aliphatic carbocycles. The standard InChI is InChI=1S/C24H23N3O3/c25-24(29)19-9-4-8-18(15-19)20-10-5-11-21(26-20)22-16-27(12-13-30-22)23(28)14-17-6-2-1-3-7-17/h1-11,15,22H,12-14,16H2,(H2,25,29). The van der Waals surface area contributed by atoms with E-state index in [-0.39, 0.29) is 12.0 Å². The smallest absolute Gasteiger partial charge is 0.248 e. The van der Waals surface area contributed by atoms with Crippen LogP contribution in [0.2, 0.25) is 0 Å². The molecule has 1 atom stereocenters. The third-order valence-electron chi connectivity index (χ3n) is 5.16. The lowest BCUT2D eigenvalue weighted by atomic mass is 10.1. The molecule has 2 N–H and O–H groups in total. The average molecular weight is 401 g/mol. The Bertz CT molecular complexity index is 1050. The highest BCUT2D eigenvalue weighted by atomic mass is 16.5. The van der Waals surface area contributed by atoms with Crippen LogP contribution in [0.4, 0.5) is 0 Å². The predicted octanol–water partition coefficient (Wildman–Crippen LogP) is 2.99. The second-order valence-electron chi connectivity index (χ2n) is 7.25. The molecular formula is C24H23N3O3. The Morgan fingerprint density at radius 2 is 1.83 bits per heavy atom. The molecule has 0 bridgehead atoms. The molecule has 1 aromatic heterocycles. The lowest BCUT2D eigenvalue weighted by Crippen LogP contribution is -2.43. The minimum absolute atomic E-state index is 0.0832. The van der Waals surface area contributed by atoms with Crippen molar-refractivity contribution in [2.75, 3.05) is 19.7 Å².